The molecule has 3 aliphatic rings. The second-order valence-electron chi connectivity index (χ2n) is 10.2. The Morgan fingerprint density at radius 2 is 1.90 bits per heavy atom. The number of amides is 3. The van der Waals surface area contributed by atoms with Crippen molar-refractivity contribution < 1.29 is 24.2 Å². The summed E-state index contributed by atoms with van der Waals surface area (Å²) < 4.78 is 6.57. The Hall–Kier alpha value is -1.67. The molecule has 3 unspecified atom stereocenters. The molecule has 1 spiro atoms. The minimum atomic E-state index is -1.06. The van der Waals surface area contributed by atoms with Crippen LogP contribution in [0.15, 0.2) is 0 Å². The van der Waals surface area contributed by atoms with Crippen LogP contribution in [-0.2, 0) is 19.1 Å². The Kier molecular flexibility index (Phi) is 5.97. The topological polar surface area (TPSA) is 108 Å². The van der Waals surface area contributed by atoms with Gasteiger partial charge in [0.25, 0.3) is 0 Å². The highest BCUT2D eigenvalue weighted by Gasteiger charge is 2.80. The summed E-state index contributed by atoms with van der Waals surface area (Å²) in [5, 5.41) is 15.8. The van der Waals surface area contributed by atoms with Crippen LogP contribution in [0.4, 0.5) is 0 Å². The fourth-order valence-corrected chi connectivity index (χ4v) is 6.11. The molecule has 30 heavy (non-hydrogen) atoms. The van der Waals surface area contributed by atoms with Crippen LogP contribution in [0.2, 0.25) is 0 Å². The van der Waals surface area contributed by atoms with Crippen LogP contribution in [-0.4, -0.2) is 70.7 Å². The molecule has 3 saturated heterocycles. The van der Waals surface area contributed by atoms with Crippen LogP contribution in [0, 0.1) is 23.7 Å². The van der Waals surface area contributed by atoms with Crippen LogP contribution in [0.25, 0.3) is 0 Å². The lowest BCUT2D eigenvalue weighted by molar-refractivity contribution is -0.151. The largest absolute Gasteiger partial charge is 0.394 e. The van der Waals surface area contributed by atoms with Crippen LogP contribution in [0.3, 0.4) is 0 Å². The zero-order valence-electron chi connectivity index (χ0n) is 19.2. The molecule has 170 valence electrons. The molecule has 0 aromatic carbocycles. The van der Waals surface area contributed by atoms with Crippen molar-refractivity contribution in [1.29, 1.82) is 0 Å². The molecule has 3 fully saturated rings. The van der Waals surface area contributed by atoms with E-state index < -0.39 is 35.1 Å². The molecule has 8 nitrogen and oxygen atoms in total. The number of aliphatic hydroxyl groups excluding tert-OH is 1. The number of likely N-dealkylation sites (tertiary alicyclic amines) is 1. The Balaban J connectivity index is 2.14. The summed E-state index contributed by atoms with van der Waals surface area (Å²) >= 11 is 0. The number of fused-ring (bicyclic) bond motifs is 1. The van der Waals surface area contributed by atoms with Gasteiger partial charge in [0, 0.05) is 13.1 Å². The van der Waals surface area contributed by atoms with Crippen LogP contribution < -0.4 is 10.6 Å². The molecular weight excluding hydrogens is 386 g/mol. The van der Waals surface area contributed by atoms with E-state index in [1.807, 2.05) is 41.5 Å². The van der Waals surface area contributed by atoms with Gasteiger partial charge in [0.15, 0.2) is 0 Å². The van der Waals surface area contributed by atoms with E-state index in [9.17, 15) is 19.5 Å². The highest BCUT2D eigenvalue weighted by molar-refractivity contribution is 5.99. The first-order valence-corrected chi connectivity index (χ1v) is 11.1. The van der Waals surface area contributed by atoms with E-state index >= 15 is 0 Å². The molecule has 3 amide bonds. The van der Waals surface area contributed by atoms with Gasteiger partial charge in [-0.25, -0.2) is 0 Å². The lowest BCUT2D eigenvalue weighted by Crippen LogP contribution is -2.59. The Bertz CT molecular complexity index is 726. The van der Waals surface area contributed by atoms with E-state index in [1.54, 1.807) is 7.05 Å². The standard InChI is InChI=1S/C22H37N3O5/c1-11(2)8-14(10-26)25-17(19(28)24-12(3)4)22-9-13(5)21(6,30-22)15(18(27)23-7)16(22)20(25)29/h11-17,26H,8-10H2,1-7H3,(H,23,27)(H,24,28)/t13?,14-,15-,16+,17?,21+,22?/m1/s1. The molecule has 0 saturated carbocycles. The number of rotatable bonds is 7. The number of carbonyl (C=O) groups excluding carboxylic acids is 3. The van der Waals surface area contributed by atoms with Gasteiger partial charge in [0.2, 0.25) is 17.7 Å². The van der Waals surface area contributed by atoms with E-state index in [1.165, 1.54) is 4.90 Å². The summed E-state index contributed by atoms with van der Waals surface area (Å²) in [5.74, 6) is -1.95. The zero-order chi connectivity index (χ0) is 22.6. The highest BCUT2D eigenvalue weighted by atomic mass is 16.5. The number of nitrogens with zero attached hydrogens (tertiary/aromatic N) is 1. The molecule has 3 heterocycles. The van der Waals surface area contributed by atoms with Gasteiger partial charge >= 0.3 is 0 Å². The Labute approximate surface area is 179 Å². The van der Waals surface area contributed by atoms with Crippen molar-refractivity contribution in [3.63, 3.8) is 0 Å². The predicted octanol–water partition coefficient (Wildman–Crippen LogP) is 0.675. The van der Waals surface area contributed by atoms with Crippen molar-refractivity contribution in [2.75, 3.05) is 13.7 Å². The molecule has 8 heteroatoms. The summed E-state index contributed by atoms with van der Waals surface area (Å²) in [6.07, 6.45) is 1.09. The molecule has 2 bridgehead atoms. The third-order valence-electron chi connectivity index (χ3n) is 7.31. The molecule has 3 rings (SSSR count). The number of aliphatic hydroxyl groups is 1. The Morgan fingerprint density at radius 1 is 1.27 bits per heavy atom. The van der Waals surface area contributed by atoms with Crippen LogP contribution in [0.5, 0.6) is 0 Å². The number of hydrogen-bond donors (Lipinski definition) is 3. The number of carbonyl (C=O) groups is 3. The maximum Gasteiger partial charge on any atom is 0.246 e. The van der Waals surface area contributed by atoms with Gasteiger partial charge in [-0.1, -0.05) is 20.8 Å². The third-order valence-corrected chi connectivity index (χ3v) is 7.31. The lowest BCUT2D eigenvalue weighted by atomic mass is 9.62. The maximum absolute atomic E-state index is 13.8. The smallest absolute Gasteiger partial charge is 0.246 e. The summed E-state index contributed by atoms with van der Waals surface area (Å²) in [5.41, 5.74) is -1.87. The van der Waals surface area contributed by atoms with Crippen molar-refractivity contribution in [3.05, 3.63) is 0 Å². The number of nitrogens with one attached hydrogen (secondary N) is 2. The first kappa shape index (κ1) is 23.0. The van der Waals surface area contributed by atoms with E-state index in [-0.39, 0.29) is 42.2 Å². The predicted molar refractivity (Wildman–Crippen MR) is 111 cm³/mol. The summed E-state index contributed by atoms with van der Waals surface area (Å²) in [7, 11) is 1.56. The third kappa shape index (κ3) is 3.14. The molecule has 0 aromatic heterocycles. The van der Waals surface area contributed by atoms with Gasteiger partial charge in [0.05, 0.1) is 30.1 Å². The molecule has 0 radical (unpaired) electrons. The second-order valence-corrected chi connectivity index (χ2v) is 10.2. The molecule has 7 atom stereocenters. The van der Waals surface area contributed by atoms with Crippen LogP contribution in [0.1, 0.15) is 54.4 Å². The first-order valence-electron chi connectivity index (χ1n) is 11.1. The van der Waals surface area contributed by atoms with Gasteiger partial charge < -0.3 is 25.4 Å². The average Bonchev–Trinajstić information content (AvgIpc) is 3.15. The fraction of sp³-hybridized carbons (Fsp3) is 0.864. The number of hydrogen-bond acceptors (Lipinski definition) is 5. The van der Waals surface area contributed by atoms with E-state index in [2.05, 4.69) is 10.6 Å². The van der Waals surface area contributed by atoms with E-state index in [4.69, 9.17) is 4.74 Å². The summed E-state index contributed by atoms with van der Waals surface area (Å²) in [6, 6.07) is -1.48. The van der Waals surface area contributed by atoms with E-state index in [0.29, 0.717) is 12.8 Å². The monoisotopic (exact) mass is 423 g/mol. The van der Waals surface area contributed by atoms with Crippen molar-refractivity contribution >= 4 is 17.7 Å². The van der Waals surface area contributed by atoms with Gasteiger partial charge in [-0.15, -0.1) is 0 Å². The van der Waals surface area contributed by atoms with Gasteiger partial charge in [-0.05, 0) is 45.4 Å². The highest BCUT2D eigenvalue weighted by Crippen LogP contribution is 2.65. The molecular formula is C22H37N3O5. The minimum Gasteiger partial charge on any atom is -0.394 e. The zero-order valence-corrected chi connectivity index (χ0v) is 19.2. The molecule has 0 aromatic rings. The first-order chi connectivity index (χ1) is 13.9. The van der Waals surface area contributed by atoms with Crippen molar-refractivity contribution in [2.24, 2.45) is 23.7 Å². The van der Waals surface area contributed by atoms with Crippen molar-refractivity contribution in [1.82, 2.24) is 15.5 Å². The van der Waals surface area contributed by atoms with Gasteiger partial charge in [-0.2, -0.15) is 0 Å². The van der Waals surface area contributed by atoms with Gasteiger partial charge in [-0.3, -0.25) is 14.4 Å². The SMILES string of the molecule is CNC(=O)[C@H]1[C@H]2C(=O)N([C@@H](CO)CC(C)C)C(C(=O)NC(C)C)C23CC(C)[C@]1(C)O3. The second kappa shape index (κ2) is 7.79. The van der Waals surface area contributed by atoms with Crippen LogP contribution >= 0.6 is 0 Å². The van der Waals surface area contributed by atoms with Crippen molar-refractivity contribution in [2.45, 2.75) is 83.7 Å². The van der Waals surface area contributed by atoms with E-state index in [0.717, 1.165) is 0 Å². The molecule has 3 aliphatic heterocycles. The Morgan fingerprint density at radius 3 is 2.40 bits per heavy atom. The summed E-state index contributed by atoms with van der Waals surface area (Å²) in [4.78, 5) is 41.7. The normalized spacial score (nSPS) is 38.3. The van der Waals surface area contributed by atoms with Crippen molar-refractivity contribution in [3.8, 4) is 0 Å². The summed E-state index contributed by atoms with van der Waals surface area (Å²) in [6.45, 7) is 11.4. The van der Waals surface area contributed by atoms with Gasteiger partial charge in [0.1, 0.15) is 11.6 Å². The number of ether oxygens (including phenoxy) is 1. The average molecular weight is 424 g/mol. The molecule has 0 aliphatic carbocycles. The minimum absolute atomic E-state index is 0.0100. The fourth-order valence-electron chi connectivity index (χ4n) is 6.11. The maximum atomic E-state index is 13.8. The lowest BCUT2D eigenvalue weighted by Gasteiger charge is -2.37. The quantitative estimate of drug-likeness (QED) is 0.558. The molecule has 3 N–H and O–H groups in total.